The Bertz CT molecular complexity index is 557. The average Bonchev–Trinajstić information content (AvgIpc) is 2.36. The van der Waals surface area contributed by atoms with Gasteiger partial charge in [-0.15, -0.1) is 0 Å². The molecule has 0 saturated heterocycles. The molecule has 1 heterocycles. The quantitative estimate of drug-likeness (QED) is 0.437. The minimum absolute atomic E-state index is 0. The number of rotatable bonds is 8. The molecule has 0 aliphatic rings. The van der Waals surface area contributed by atoms with Crippen molar-refractivity contribution < 1.29 is 26.6 Å². The van der Waals surface area contributed by atoms with E-state index in [-0.39, 0.29) is 38.5 Å². The van der Waals surface area contributed by atoms with Crippen LogP contribution in [0.3, 0.4) is 0 Å². The standard InChI is InChI=1S/C11H18NO6PS.Li.H/c1-3-17-19(13,18-4-2)11(20(14,15)16)8-10-6-5-7-12-9-10;;/h5-7,9,11H,3-4,8H2,1-2H3,(H,14,15,16);;. The summed E-state index contributed by atoms with van der Waals surface area (Å²) < 4.78 is 55.0. The van der Waals surface area contributed by atoms with Gasteiger partial charge in [-0.25, -0.2) is 0 Å². The van der Waals surface area contributed by atoms with Gasteiger partial charge in [-0.1, -0.05) is 6.07 Å². The molecule has 0 saturated carbocycles. The van der Waals surface area contributed by atoms with Crippen molar-refractivity contribution in [2.75, 3.05) is 13.2 Å². The fraction of sp³-hybridized carbons (Fsp3) is 0.545. The molecule has 0 bridgehead atoms. The van der Waals surface area contributed by atoms with E-state index >= 15 is 0 Å². The van der Waals surface area contributed by atoms with Crippen LogP contribution >= 0.6 is 7.60 Å². The molecule has 0 aliphatic carbocycles. The third-order valence-corrected chi connectivity index (χ3v) is 7.00. The third-order valence-electron chi connectivity index (χ3n) is 2.45. The summed E-state index contributed by atoms with van der Waals surface area (Å²) >= 11 is 0. The van der Waals surface area contributed by atoms with Gasteiger partial charge < -0.3 is 9.05 Å². The van der Waals surface area contributed by atoms with Gasteiger partial charge in [0, 0.05) is 18.8 Å². The molecule has 1 rings (SSSR count). The van der Waals surface area contributed by atoms with E-state index in [4.69, 9.17) is 9.05 Å². The first kappa shape index (κ1) is 20.8. The van der Waals surface area contributed by atoms with Crippen LogP contribution in [0.5, 0.6) is 0 Å². The van der Waals surface area contributed by atoms with Crippen LogP contribution < -0.4 is 0 Å². The predicted octanol–water partition coefficient (Wildman–Crippen LogP) is 1.46. The second-order valence-electron chi connectivity index (χ2n) is 3.91. The van der Waals surface area contributed by atoms with Gasteiger partial charge in [-0.3, -0.25) is 14.1 Å². The Morgan fingerprint density at radius 1 is 1.33 bits per heavy atom. The van der Waals surface area contributed by atoms with Crippen LogP contribution in [0.1, 0.15) is 19.4 Å². The molecule has 0 fully saturated rings. The fourth-order valence-electron chi connectivity index (χ4n) is 1.66. The summed E-state index contributed by atoms with van der Waals surface area (Å²) in [6.07, 6.45) is 2.75. The van der Waals surface area contributed by atoms with Crippen molar-refractivity contribution in [1.29, 1.82) is 0 Å². The van der Waals surface area contributed by atoms with E-state index in [0.717, 1.165) is 0 Å². The molecule has 21 heavy (non-hydrogen) atoms. The van der Waals surface area contributed by atoms with Crippen LogP contribution in [-0.2, 0) is 30.2 Å². The number of nitrogens with zero attached hydrogens (tertiary/aromatic N) is 1. The van der Waals surface area contributed by atoms with E-state index in [2.05, 4.69) is 4.98 Å². The molecule has 1 aromatic rings. The van der Waals surface area contributed by atoms with E-state index in [1.807, 2.05) is 0 Å². The first-order valence-corrected chi connectivity index (χ1v) is 9.19. The molecule has 0 aliphatic heterocycles. The third kappa shape index (κ3) is 6.21. The molecule has 0 aromatic carbocycles. The number of hydrogen-bond donors (Lipinski definition) is 1. The molecule has 1 atom stereocenters. The Labute approximate surface area is 136 Å². The SMILES string of the molecule is CCOP(=O)(OCC)C(Cc1cccnc1)S(=O)(=O)O.[LiH]. The summed E-state index contributed by atoms with van der Waals surface area (Å²) in [5.41, 5.74) is 0.509. The number of hydrogen-bond acceptors (Lipinski definition) is 6. The Hall–Kier alpha value is -0.193. The van der Waals surface area contributed by atoms with E-state index < -0.39 is 22.7 Å². The summed E-state index contributed by atoms with van der Waals surface area (Å²) in [6.45, 7) is 3.15. The molecule has 1 aromatic heterocycles. The minimum atomic E-state index is -4.61. The predicted molar refractivity (Wildman–Crippen MR) is 81.3 cm³/mol. The van der Waals surface area contributed by atoms with Gasteiger partial charge in [0.05, 0.1) is 13.2 Å². The van der Waals surface area contributed by atoms with Gasteiger partial charge in [-0.05, 0) is 25.5 Å². The van der Waals surface area contributed by atoms with Gasteiger partial charge in [0.25, 0.3) is 10.1 Å². The van der Waals surface area contributed by atoms with Gasteiger partial charge in [0.1, 0.15) is 0 Å². The Balaban J connectivity index is 0.00000400. The second kappa shape index (κ2) is 9.06. The molecule has 0 radical (unpaired) electrons. The summed E-state index contributed by atoms with van der Waals surface area (Å²) in [4.78, 5) is 2.18. The van der Waals surface area contributed by atoms with Crippen molar-refractivity contribution >= 4 is 36.6 Å². The van der Waals surface area contributed by atoms with Crippen molar-refractivity contribution in [3.8, 4) is 0 Å². The zero-order valence-electron chi connectivity index (χ0n) is 11.3. The number of pyridine rings is 1. The van der Waals surface area contributed by atoms with Crippen LogP contribution in [0.25, 0.3) is 0 Å². The van der Waals surface area contributed by atoms with Gasteiger partial charge in [-0.2, -0.15) is 8.42 Å². The molecule has 10 heteroatoms. The molecule has 1 unspecified atom stereocenters. The van der Waals surface area contributed by atoms with E-state index in [1.165, 1.54) is 12.4 Å². The van der Waals surface area contributed by atoms with Gasteiger partial charge >= 0.3 is 26.5 Å². The van der Waals surface area contributed by atoms with Crippen molar-refractivity contribution in [2.24, 2.45) is 0 Å². The first-order chi connectivity index (χ1) is 9.33. The molecule has 116 valence electrons. The normalized spacial score (nSPS) is 13.5. The zero-order valence-corrected chi connectivity index (χ0v) is 13.0. The van der Waals surface area contributed by atoms with E-state index in [1.54, 1.807) is 26.0 Å². The van der Waals surface area contributed by atoms with Crippen molar-refractivity contribution in [2.45, 2.75) is 25.3 Å². The molecular weight excluding hydrogens is 312 g/mol. The summed E-state index contributed by atoms with van der Waals surface area (Å²) in [6, 6.07) is 3.23. The Kier molecular flexibility index (Phi) is 8.98. The van der Waals surface area contributed by atoms with Crippen LogP contribution in [0.15, 0.2) is 24.5 Å². The molecule has 0 spiro atoms. The van der Waals surface area contributed by atoms with Crippen molar-refractivity contribution in [3.63, 3.8) is 0 Å². The summed E-state index contributed by atoms with van der Waals surface area (Å²) in [7, 11) is -8.59. The molecule has 0 amide bonds. The Morgan fingerprint density at radius 2 is 1.90 bits per heavy atom. The van der Waals surface area contributed by atoms with Crippen LogP contribution in [0, 0.1) is 0 Å². The average molecular weight is 331 g/mol. The van der Waals surface area contributed by atoms with Gasteiger partial charge in [0.15, 0.2) is 4.99 Å². The van der Waals surface area contributed by atoms with Crippen molar-refractivity contribution in [3.05, 3.63) is 30.1 Å². The molecular formula is C11H19LiNO6PS. The maximum atomic E-state index is 12.6. The fourth-order valence-corrected chi connectivity index (χ4v) is 5.30. The van der Waals surface area contributed by atoms with E-state index in [0.29, 0.717) is 5.56 Å². The van der Waals surface area contributed by atoms with Crippen LogP contribution in [0.4, 0.5) is 0 Å². The monoisotopic (exact) mass is 331 g/mol. The van der Waals surface area contributed by atoms with Crippen LogP contribution in [-0.4, -0.2) is 55.0 Å². The zero-order chi connectivity index (χ0) is 15.2. The second-order valence-corrected chi connectivity index (χ2v) is 8.08. The summed E-state index contributed by atoms with van der Waals surface area (Å²) in [5, 5.41) is 0. The first-order valence-electron chi connectivity index (χ1n) is 6.07. The molecule has 7 nitrogen and oxygen atoms in total. The maximum absolute atomic E-state index is 12.6. The number of aromatic nitrogens is 1. The molecule has 1 N–H and O–H groups in total. The van der Waals surface area contributed by atoms with Crippen molar-refractivity contribution in [1.82, 2.24) is 4.98 Å². The summed E-state index contributed by atoms with van der Waals surface area (Å²) in [5.74, 6) is 0. The topological polar surface area (TPSA) is 103 Å². The Morgan fingerprint density at radius 3 is 2.29 bits per heavy atom. The van der Waals surface area contributed by atoms with E-state index in [9.17, 15) is 17.5 Å². The van der Waals surface area contributed by atoms with Gasteiger partial charge in [0.2, 0.25) is 0 Å². The van der Waals surface area contributed by atoms with Crippen LogP contribution in [0.2, 0.25) is 0 Å².